The minimum Gasteiger partial charge on any atom is -0.371 e. The molecular weight excluding hydrogens is 244 g/mol. The van der Waals surface area contributed by atoms with Gasteiger partial charge in [-0.2, -0.15) is 0 Å². The summed E-state index contributed by atoms with van der Waals surface area (Å²) in [5.41, 5.74) is 8.27. The van der Waals surface area contributed by atoms with E-state index in [9.17, 15) is 0 Å². The number of hydrogen-bond acceptors (Lipinski definition) is 2. The fraction of sp³-hybridized carbons (Fsp3) is 0.600. The van der Waals surface area contributed by atoms with E-state index in [1.165, 1.54) is 5.69 Å². The Hall–Kier alpha value is -0.730. The highest BCUT2D eigenvalue weighted by atomic mass is 35.5. The first kappa shape index (κ1) is 15.3. The van der Waals surface area contributed by atoms with Gasteiger partial charge in [-0.1, -0.05) is 31.5 Å². The van der Waals surface area contributed by atoms with Crippen LogP contribution in [0.3, 0.4) is 0 Å². The molecule has 0 amide bonds. The van der Waals surface area contributed by atoms with Crippen LogP contribution in [-0.2, 0) is 6.42 Å². The molecule has 102 valence electrons. The number of rotatable bonds is 5. The van der Waals surface area contributed by atoms with E-state index in [1.54, 1.807) is 0 Å². The van der Waals surface area contributed by atoms with Crippen LogP contribution >= 0.6 is 11.6 Å². The average molecular weight is 269 g/mol. The topological polar surface area (TPSA) is 29.3 Å². The zero-order chi connectivity index (χ0) is 13.9. The van der Waals surface area contributed by atoms with E-state index in [4.69, 9.17) is 17.3 Å². The van der Waals surface area contributed by atoms with E-state index in [-0.39, 0.29) is 6.04 Å². The van der Waals surface area contributed by atoms with Gasteiger partial charge in [0.1, 0.15) is 0 Å². The van der Waals surface area contributed by atoms with Crippen LogP contribution in [0.1, 0.15) is 33.3 Å². The molecule has 18 heavy (non-hydrogen) atoms. The van der Waals surface area contributed by atoms with Gasteiger partial charge < -0.3 is 10.6 Å². The first-order valence-corrected chi connectivity index (χ1v) is 6.98. The van der Waals surface area contributed by atoms with E-state index < -0.39 is 0 Å². The van der Waals surface area contributed by atoms with Gasteiger partial charge in [0.25, 0.3) is 0 Å². The van der Waals surface area contributed by atoms with E-state index in [0.29, 0.717) is 12.0 Å². The van der Waals surface area contributed by atoms with Crippen molar-refractivity contribution in [2.45, 2.75) is 46.2 Å². The van der Waals surface area contributed by atoms with Gasteiger partial charge in [0, 0.05) is 29.8 Å². The predicted octanol–water partition coefficient (Wildman–Crippen LogP) is 3.71. The Labute approximate surface area is 116 Å². The van der Waals surface area contributed by atoms with E-state index in [1.807, 2.05) is 19.1 Å². The first-order valence-electron chi connectivity index (χ1n) is 6.60. The molecule has 0 fully saturated rings. The van der Waals surface area contributed by atoms with E-state index in [2.05, 4.69) is 38.8 Å². The molecule has 2 nitrogen and oxygen atoms in total. The minimum absolute atomic E-state index is 0.117. The molecule has 0 heterocycles. The molecule has 0 aromatic heterocycles. The predicted molar refractivity (Wildman–Crippen MR) is 81.5 cm³/mol. The molecular formula is C15H25ClN2. The molecule has 2 atom stereocenters. The molecule has 0 saturated carbocycles. The van der Waals surface area contributed by atoms with Gasteiger partial charge in [-0.15, -0.1) is 0 Å². The second kappa shape index (κ2) is 6.44. The Kier molecular flexibility index (Phi) is 5.48. The molecule has 0 aliphatic rings. The van der Waals surface area contributed by atoms with Crippen molar-refractivity contribution in [3.05, 3.63) is 28.8 Å². The van der Waals surface area contributed by atoms with Crippen LogP contribution in [0, 0.1) is 5.92 Å². The van der Waals surface area contributed by atoms with Crippen molar-refractivity contribution in [1.29, 1.82) is 0 Å². The Morgan fingerprint density at radius 2 is 1.83 bits per heavy atom. The van der Waals surface area contributed by atoms with Gasteiger partial charge in [-0.25, -0.2) is 0 Å². The lowest BCUT2D eigenvalue weighted by Crippen LogP contribution is -2.34. The van der Waals surface area contributed by atoms with Crippen molar-refractivity contribution in [2.24, 2.45) is 11.7 Å². The molecule has 1 aromatic rings. The van der Waals surface area contributed by atoms with Crippen LogP contribution in [0.5, 0.6) is 0 Å². The SMILES string of the molecule is CC(N)Cc1c(Cl)cccc1N(C)C(C)C(C)C. The van der Waals surface area contributed by atoms with Gasteiger partial charge in [0.05, 0.1) is 0 Å². The summed E-state index contributed by atoms with van der Waals surface area (Å²) >= 11 is 6.32. The van der Waals surface area contributed by atoms with Crippen LogP contribution < -0.4 is 10.6 Å². The number of benzene rings is 1. The van der Waals surface area contributed by atoms with E-state index >= 15 is 0 Å². The third kappa shape index (κ3) is 3.63. The number of anilines is 1. The summed E-state index contributed by atoms with van der Waals surface area (Å²) in [5.74, 6) is 0.595. The molecule has 2 N–H and O–H groups in total. The van der Waals surface area contributed by atoms with Gasteiger partial charge in [-0.3, -0.25) is 0 Å². The van der Waals surface area contributed by atoms with Gasteiger partial charge >= 0.3 is 0 Å². The second-order valence-electron chi connectivity index (χ2n) is 5.51. The maximum Gasteiger partial charge on any atom is 0.0459 e. The summed E-state index contributed by atoms with van der Waals surface area (Å²) < 4.78 is 0. The van der Waals surface area contributed by atoms with Crippen molar-refractivity contribution >= 4 is 17.3 Å². The molecule has 0 bridgehead atoms. The largest absolute Gasteiger partial charge is 0.371 e. The molecule has 0 saturated heterocycles. The zero-order valence-corrected chi connectivity index (χ0v) is 12.8. The summed E-state index contributed by atoms with van der Waals surface area (Å²) in [5, 5.41) is 0.813. The number of nitrogens with zero attached hydrogens (tertiary/aromatic N) is 1. The molecule has 1 rings (SSSR count). The highest BCUT2D eigenvalue weighted by molar-refractivity contribution is 6.31. The summed E-state index contributed by atoms with van der Waals surface area (Å²) in [6.45, 7) is 8.72. The van der Waals surface area contributed by atoms with Crippen molar-refractivity contribution in [1.82, 2.24) is 0 Å². The highest BCUT2D eigenvalue weighted by Crippen LogP contribution is 2.30. The van der Waals surface area contributed by atoms with E-state index in [0.717, 1.165) is 17.0 Å². The van der Waals surface area contributed by atoms with Gasteiger partial charge in [0.2, 0.25) is 0 Å². The molecule has 1 aromatic carbocycles. The number of hydrogen-bond donors (Lipinski definition) is 1. The number of halogens is 1. The quantitative estimate of drug-likeness (QED) is 0.882. The maximum absolute atomic E-state index is 6.32. The summed E-state index contributed by atoms with van der Waals surface area (Å²) in [6.07, 6.45) is 0.810. The third-order valence-electron chi connectivity index (χ3n) is 3.58. The summed E-state index contributed by atoms with van der Waals surface area (Å²) in [6, 6.07) is 6.66. The lowest BCUT2D eigenvalue weighted by atomic mass is 10.0. The summed E-state index contributed by atoms with van der Waals surface area (Å²) in [7, 11) is 2.13. The third-order valence-corrected chi connectivity index (χ3v) is 3.93. The molecule has 0 spiro atoms. The zero-order valence-electron chi connectivity index (χ0n) is 12.1. The average Bonchev–Trinajstić information content (AvgIpc) is 2.29. The molecule has 0 aliphatic heterocycles. The van der Waals surface area contributed by atoms with Crippen molar-refractivity contribution in [3.63, 3.8) is 0 Å². The number of nitrogens with two attached hydrogens (primary N) is 1. The normalized spacial score (nSPS) is 14.7. The summed E-state index contributed by atoms with van der Waals surface area (Å²) in [4.78, 5) is 2.30. The first-order chi connectivity index (χ1) is 8.34. The molecule has 3 heteroatoms. The standard InChI is InChI=1S/C15H25ClN2/c1-10(2)12(4)18(5)15-8-6-7-14(16)13(15)9-11(3)17/h6-8,10-12H,9,17H2,1-5H3. The molecule has 0 aliphatic carbocycles. The van der Waals surface area contributed by atoms with Gasteiger partial charge in [-0.05, 0) is 43.9 Å². The minimum atomic E-state index is 0.117. The lowest BCUT2D eigenvalue weighted by molar-refractivity contribution is 0.504. The van der Waals surface area contributed by atoms with Crippen LogP contribution in [0.25, 0.3) is 0 Å². The molecule has 2 unspecified atom stereocenters. The Morgan fingerprint density at radius 3 is 2.33 bits per heavy atom. The van der Waals surface area contributed by atoms with Crippen molar-refractivity contribution < 1.29 is 0 Å². The van der Waals surface area contributed by atoms with Crippen molar-refractivity contribution in [3.8, 4) is 0 Å². The van der Waals surface area contributed by atoms with Crippen molar-refractivity contribution in [2.75, 3.05) is 11.9 Å². The smallest absolute Gasteiger partial charge is 0.0459 e. The Bertz CT molecular complexity index is 388. The fourth-order valence-electron chi connectivity index (χ4n) is 2.07. The maximum atomic E-state index is 6.32. The lowest BCUT2D eigenvalue weighted by Gasteiger charge is -2.32. The monoisotopic (exact) mass is 268 g/mol. The second-order valence-corrected chi connectivity index (χ2v) is 5.92. The Balaban J connectivity index is 3.11. The van der Waals surface area contributed by atoms with Crippen LogP contribution in [0.15, 0.2) is 18.2 Å². The van der Waals surface area contributed by atoms with Crippen LogP contribution in [0.4, 0.5) is 5.69 Å². The van der Waals surface area contributed by atoms with Gasteiger partial charge in [0.15, 0.2) is 0 Å². The highest BCUT2D eigenvalue weighted by Gasteiger charge is 2.18. The fourth-order valence-corrected chi connectivity index (χ4v) is 2.32. The van der Waals surface area contributed by atoms with Crippen LogP contribution in [0.2, 0.25) is 5.02 Å². The van der Waals surface area contributed by atoms with Crippen LogP contribution in [-0.4, -0.2) is 19.1 Å². The molecule has 0 radical (unpaired) electrons. The Morgan fingerprint density at radius 1 is 1.22 bits per heavy atom.